The van der Waals surface area contributed by atoms with Crippen molar-refractivity contribution in [1.82, 2.24) is 0 Å². The lowest BCUT2D eigenvalue weighted by Gasteiger charge is -2.35. The van der Waals surface area contributed by atoms with Gasteiger partial charge < -0.3 is 9.80 Å². The van der Waals surface area contributed by atoms with Gasteiger partial charge in [0.05, 0.1) is 11.4 Å². The molecule has 344 valence electrons. The average Bonchev–Trinajstić information content (AvgIpc) is 3.34. The second-order valence-electron chi connectivity index (χ2n) is 20.4. The quantitative estimate of drug-likeness (QED) is 0.127. The first kappa shape index (κ1) is 47.6. The predicted molar refractivity (Wildman–Crippen MR) is 304 cm³/mol. The Hall–Kier alpha value is -6.46. The zero-order valence-corrected chi connectivity index (χ0v) is 44.1. The Bertz CT molecular complexity index is 2890. The third-order valence-corrected chi connectivity index (χ3v) is 14.0. The van der Waals surface area contributed by atoms with E-state index in [1.165, 1.54) is 16.7 Å². The summed E-state index contributed by atoms with van der Waals surface area (Å²) in [6.45, 7) is 18.5. The standard InChI is InChI=1S/C65H60Br2N2/c1-44(2)49-35-56(68(54-33-21-31-52(66)41-54)62-58(45-23-13-9-14-24-45)37-50(64(3,4)5)38-59(62)46-25-15-10-16-26-46)43-57(36-49)69(55-34-22-32-53(67)42-55)63-60(47-27-17-11-18-28-47)39-51(65(6,7)8)40-61(63)48-29-19-12-20-30-48/h9-44H,1-8H3. The van der Waals surface area contributed by atoms with Crippen molar-refractivity contribution < 1.29 is 0 Å². The van der Waals surface area contributed by atoms with Gasteiger partial charge >= 0.3 is 0 Å². The van der Waals surface area contributed by atoms with Crippen LogP contribution in [0.5, 0.6) is 0 Å². The molecule has 0 bridgehead atoms. The molecule has 9 aromatic rings. The fourth-order valence-corrected chi connectivity index (χ4v) is 10.00. The molecule has 0 aliphatic rings. The van der Waals surface area contributed by atoms with Gasteiger partial charge in [-0.05, 0) is 135 Å². The fraction of sp³-hybridized carbons (Fsp3) is 0.169. The molecule has 0 spiro atoms. The van der Waals surface area contributed by atoms with E-state index in [0.29, 0.717) is 0 Å². The van der Waals surface area contributed by atoms with Crippen LogP contribution in [-0.4, -0.2) is 0 Å². The van der Waals surface area contributed by atoms with E-state index in [0.717, 1.165) is 87.6 Å². The van der Waals surface area contributed by atoms with Crippen molar-refractivity contribution in [3.63, 3.8) is 0 Å². The first-order chi connectivity index (χ1) is 33.1. The third kappa shape index (κ3) is 10.3. The summed E-state index contributed by atoms with van der Waals surface area (Å²) < 4.78 is 2.02. The number of benzene rings is 9. The number of nitrogens with zero attached hydrogens (tertiary/aromatic N) is 2. The molecule has 69 heavy (non-hydrogen) atoms. The van der Waals surface area contributed by atoms with E-state index >= 15 is 0 Å². The third-order valence-electron chi connectivity index (χ3n) is 13.0. The van der Waals surface area contributed by atoms with Crippen molar-refractivity contribution in [3.05, 3.63) is 238 Å². The van der Waals surface area contributed by atoms with Crippen LogP contribution in [0.25, 0.3) is 44.5 Å². The Morgan fingerprint density at radius 2 is 0.638 bits per heavy atom. The lowest BCUT2D eigenvalue weighted by molar-refractivity contribution is 0.590. The molecule has 0 aliphatic heterocycles. The normalized spacial score (nSPS) is 11.8. The van der Waals surface area contributed by atoms with Crippen molar-refractivity contribution in [3.8, 4) is 44.5 Å². The van der Waals surface area contributed by atoms with Crippen LogP contribution < -0.4 is 9.80 Å². The summed E-state index contributed by atoms with van der Waals surface area (Å²) in [5, 5.41) is 0. The van der Waals surface area contributed by atoms with Crippen molar-refractivity contribution >= 4 is 66.0 Å². The van der Waals surface area contributed by atoms with Crippen LogP contribution in [0.15, 0.2) is 221 Å². The molecule has 0 saturated carbocycles. The van der Waals surface area contributed by atoms with Crippen LogP contribution in [-0.2, 0) is 10.8 Å². The Kier molecular flexibility index (Phi) is 13.7. The second-order valence-corrected chi connectivity index (χ2v) is 22.2. The summed E-state index contributed by atoms with van der Waals surface area (Å²) >= 11 is 7.85. The molecule has 0 amide bonds. The Morgan fingerprint density at radius 1 is 0.333 bits per heavy atom. The molecule has 0 atom stereocenters. The van der Waals surface area contributed by atoms with Gasteiger partial charge in [-0.15, -0.1) is 0 Å². The van der Waals surface area contributed by atoms with E-state index in [1.807, 2.05) is 0 Å². The van der Waals surface area contributed by atoms with Crippen LogP contribution in [0, 0.1) is 0 Å². The van der Waals surface area contributed by atoms with E-state index in [9.17, 15) is 0 Å². The molecule has 0 saturated heterocycles. The van der Waals surface area contributed by atoms with Crippen LogP contribution in [0.4, 0.5) is 34.1 Å². The lowest BCUT2D eigenvalue weighted by Crippen LogP contribution is -2.18. The molecular formula is C65H60Br2N2. The van der Waals surface area contributed by atoms with Crippen molar-refractivity contribution in [2.24, 2.45) is 0 Å². The summed E-state index contributed by atoms with van der Waals surface area (Å²) in [4.78, 5) is 5.02. The van der Waals surface area contributed by atoms with Crippen LogP contribution >= 0.6 is 31.9 Å². The Morgan fingerprint density at radius 3 is 0.899 bits per heavy atom. The summed E-state index contributed by atoms with van der Waals surface area (Å²) in [6, 6.07) is 78.1. The van der Waals surface area contributed by atoms with Gasteiger partial charge in [-0.3, -0.25) is 0 Å². The molecule has 0 fully saturated rings. The maximum Gasteiger partial charge on any atom is 0.0618 e. The largest absolute Gasteiger partial charge is 0.309 e. The second kappa shape index (κ2) is 19.9. The summed E-state index contributed by atoms with van der Waals surface area (Å²) in [5.41, 5.74) is 19.3. The first-order valence-corrected chi connectivity index (χ1v) is 25.6. The van der Waals surface area contributed by atoms with E-state index in [2.05, 4.69) is 309 Å². The Balaban J connectivity index is 1.44. The molecule has 0 aliphatic carbocycles. The number of halogens is 2. The zero-order chi connectivity index (χ0) is 48.5. The minimum absolute atomic E-state index is 0.114. The predicted octanol–water partition coefficient (Wildman–Crippen LogP) is 20.5. The van der Waals surface area contributed by atoms with E-state index in [1.54, 1.807) is 0 Å². The smallest absolute Gasteiger partial charge is 0.0618 e. The number of rotatable bonds is 11. The molecule has 0 aromatic heterocycles. The van der Waals surface area contributed by atoms with Gasteiger partial charge in [0.2, 0.25) is 0 Å². The molecule has 4 heteroatoms. The lowest BCUT2D eigenvalue weighted by atomic mass is 9.81. The first-order valence-electron chi connectivity index (χ1n) is 24.0. The van der Waals surface area contributed by atoms with Gasteiger partial charge in [-0.25, -0.2) is 0 Å². The van der Waals surface area contributed by atoms with E-state index in [4.69, 9.17) is 0 Å². The number of anilines is 6. The van der Waals surface area contributed by atoms with Crippen molar-refractivity contribution in [2.75, 3.05) is 9.80 Å². The number of hydrogen-bond donors (Lipinski definition) is 0. The van der Waals surface area contributed by atoms with Gasteiger partial charge in [0, 0.05) is 53.9 Å². The maximum atomic E-state index is 3.92. The van der Waals surface area contributed by atoms with Gasteiger partial charge in [0.15, 0.2) is 0 Å². The van der Waals surface area contributed by atoms with Gasteiger partial charge in [-0.1, -0.05) is 221 Å². The molecule has 9 aromatic carbocycles. The van der Waals surface area contributed by atoms with Crippen LogP contribution in [0.2, 0.25) is 0 Å². The van der Waals surface area contributed by atoms with Gasteiger partial charge in [0.25, 0.3) is 0 Å². The topological polar surface area (TPSA) is 6.48 Å². The van der Waals surface area contributed by atoms with Crippen LogP contribution in [0.1, 0.15) is 78.0 Å². The van der Waals surface area contributed by atoms with Gasteiger partial charge in [-0.2, -0.15) is 0 Å². The molecule has 9 rings (SSSR count). The average molecular weight is 1030 g/mol. The SMILES string of the molecule is CC(C)c1cc(N(c2cccc(Br)c2)c2c(-c3ccccc3)cc(C(C)(C)C)cc2-c2ccccc2)cc(N(c2cccc(Br)c2)c2c(-c3ccccc3)cc(C(C)(C)C)cc2-c2ccccc2)c1. The molecular weight excluding hydrogens is 969 g/mol. The minimum Gasteiger partial charge on any atom is -0.309 e. The molecule has 0 N–H and O–H groups in total. The maximum absolute atomic E-state index is 3.92. The minimum atomic E-state index is -0.114. The molecule has 0 radical (unpaired) electrons. The zero-order valence-electron chi connectivity index (χ0n) is 40.9. The highest BCUT2D eigenvalue weighted by Crippen LogP contribution is 2.53. The van der Waals surface area contributed by atoms with Crippen molar-refractivity contribution in [1.29, 1.82) is 0 Å². The highest BCUT2D eigenvalue weighted by atomic mass is 79.9. The fourth-order valence-electron chi connectivity index (χ4n) is 9.22. The highest BCUT2D eigenvalue weighted by molar-refractivity contribution is 9.10. The molecule has 0 heterocycles. The molecule has 0 unspecified atom stereocenters. The van der Waals surface area contributed by atoms with Crippen LogP contribution in [0.3, 0.4) is 0 Å². The monoisotopic (exact) mass is 1030 g/mol. The van der Waals surface area contributed by atoms with Gasteiger partial charge in [0.1, 0.15) is 0 Å². The summed E-state index contributed by atoms with van der Waals surface area (Å²) in [5.74, 6) is 0.202. The highest BCUT2D eigenvalue weighted by Gasteiger charge is 2.30. The van der Waals surface area contributed by atoms with E-state index < -0.39 is 0 Å². The van der Waals surface area contributed by atoms with E-state index in [-0.39, 0.29) is 16.7 Å². The summed E-state index contributed by atoms with van der Waals surface area (Å²) in [6.07, 6.45) is 0. The number of hydrogen-bond acceptors (Lipinski definition) is 2. The summed E-state index contributed by atoms with van der Waals surface area (Å²) in [7, 11) is 0. The molecule has 2 nitrogen and oxygen atoms in total. The Labute approximate surface area is 427 Å². The van der Waals surface area contributed by atoms with Crippen molar-refractivity contribution in [2.45, 2.75) is 72.1 Å².